The largest absolute Gasteiger partial charge is 0.325 e. The Morgan fingerprint density at radius 3 is 2.63 bits per heavy atom. The number of hydrogen-bond acceptors (Lipinski definition) is 1. The number of rotatable bonds is 2. The lowest BCUT2D eigenvalue weighted by atomic mass is 9.95. The van der Waals surface area contributed by atoms with Gasteiger partial charge in [0.2, 0.25) is 0 Å². The van der Waals surface area contributed by atoms with E-state index in [0.29, 0.717) is 6.04 Å². The van der Waals surface area contributed by atoms with Crippen LogP contribution in [-0.2, 0) is 0 Å². The molecule has 0 spiro atoms. The van der Waals surface area contributed by atoms with E-state index in [4.69, 9.17) is 0 Å². The van der Waals surface area contributed by atoms with Crippen LogP contribution in [0.2, 0.25) is 0 Å². The van der Waals surface area contributed by atoms with Gasteiger partial charge in [0.25, 0.3) is 0 Å². The number of halogens is 1. The molecule has 1 N–H and O–H groups in total. The Hall–Kier alpha value is -1.03. The summed E-state index contributed by atoms with van der Waals surface area (Å²) in [6.45, 7) is 2.03. The maximum Gasteiger partial charge on any atom is 0.321 e. The summed E-state index contributed by atoms with van der Waals surface area (Å²) in [5.41, 5.74) is 2.00. The van der Waals surface area contributed by atoms with E-state index >= 15 is 0 Å². The zero-order valence-corrected chi connectivity index (χ0v) is 13.2. The molecule has 0 bridgehead atoms. The molecule has 1 aliphatic rings. The van der Waals surface area contributed by atoms with Gasteiger partial charge in [0.05, 0.1) is 5.69 Å². The summed E-state index contributed by atoms with van der Waals surface area (Å²) in [5, 5.41) is 2.97. The molecule has 2 amide bonds. The number of amides is 2. The molecule has 104 valence electrons. The van der Waals surface area contributed by atoms with Gasteiger partial charge in [-0.1, -0.05) is 25.3 Å². The van der Waals surface area contributed by atoms with Crippen molar-refractivity contribution < 1.29 is 4.79 Å². The summed E-state index contributed by atoms with van der Waals surface area (Å²) < 4.78 is 0.929. The van der Waals surface area contributed by atoms with Crippen LogP contribution in [0.3, 0.4) is 0 Å². The molecule has 1 saturated carbocycles. The molecular formula is C15H21BrN2O. The van der Waals surface area contributed by atoms with Crippen LogP contribution in [0.1, 0.15) is 37.7 Å². The third-order valence-corrected chi connectivity index (χ3v) is 4.47. The highest BCUT2D eigenvalue weighted by atomic mass is 79.9. The monoisotopic (exact) mass is 324 g/mol. The van der Waals surface area contributed by atoms with Crippen LogP contribution < -0.4 is 5.32 Å². The molecule has 0 unspecified atom stereocenters. The van der Waals surface area contributed by atoms with Gasteiger partial charge >= 0.3 is 6.03 Å². The topological polar surface area (TPSA) is 32.3 Å². The van der Waals surface area contributed by atoms with Crippen LogP contribution in [0.15, 0.2) is 22.7 Å². The SMILES string of the molecule is Cc1ccc(NC(=O)N(C)C2CCCCC2)c(Br)c1. The molecular weight excluding hydrogens is 304 g/mol. The summed E-state index contributed by atoms with van der Waals surface area (Å²) in [6.07, 6.45) is 6.01. The van der Waals surface area contributed by atoms with Crippen molar-refractivity contribution in [3.05, 3.63) is 28.2 Å². The van der Waals surface area contributed by atoms with Crippen LogP contribution >= 0.6 is 15.9 Å². The molecule has 0 radical (unpaired) electrons. The number of nitrogens with one attached hydrogen (secondary N) is 1. The highest BCUT2D eigenvalue weighted by Gasteiger charge is 2.22. The van der Waals surface area contributed by atoms with Crippen LogP contribution in [0.5, 0.6) is 0 Å². The number of urea groups is 1. The van der Waals surface area contributed by atoms with Gasteiger partial charge in [-0.3, -0.25) is 0 Å². The first-order chi connectivity index (χ1) is 9.08. The molecule has 1 aliphatic carbocycles. The number of nitrogens with zero attached hydrogens (tertiary/aromatic N) is 1. The normalized spacial score (nSPS) is 16.2. The Bertz CT molecular complexity index is 455. The summed E-state index contributed by atoms with van der Waals surface area (Å²) in [6, 6.07) is 6.32. The van der Waals surface area contributed by atoms with E-state index in [1.54, 1.807) is 0 Å². The van der Waals surface area contributed by atoms with Crippen molar-refractivity contribution in [3.8, 4) is 0 Å². The molecule has 0 heterocycles. The third kappa shape index (κ3) is 3.72. The summed E-state index contributed by atoms with van der Waals surface area (Å²) in [5.74, 6) is 0. The van der Waals surface area contributed by atoms with Gasteiger partial charge in [0, 0.05) is 17.6 Å². The van der Waals surface area contributed by atoms with Gasteiger partial charge in [-0.25, -0.2) is 4.79 Å². The maximum absolute atomic E-state index is 12.2. The van der Waals surface area contributed by atoms with Crippen molar-refractivity contribution in [2.24, 2.45) is 0 Å². The first-order valence-electron chi connectivity index (χ1n) is 6.88. The predicted molar refractivity (Wildman–Crippen MR) is 82.5 cm³/mol. The minimum atomic E-state index is -0.0172. The zero-order valence-electron chi connectivity index (χ0n) is 11.6. The molecule has 2 rings (SSSR count). The van der Waals surface area contributed by atoms with E-state index < -0.39 is 0 Å². The number of carbonyl (C=O) groups is 1. The summed E-state index contributed by atoms with van der Waals surface area (Å²) in [4.78, 5) is 14.1. The van der Waals surface area contributed by atoms with Crippen molar-refractivity contribution >= 4 is 27.6 Å². The fourth-order valence-corrected chi connectivity index (χ4v) is 3.15. The molecule has 19 heavy (non-hydrogen) atoms. The number of carbonyl (C=O) groups excluding carboxylic acids is 1. The van der Waals surface area contributed by atoms with Gasteiger partial charge in [-0.2, -0.15) is 0 Å². The van der Waals surface area contributed by atoms with E-state index in [1.165, 1.54) is 24.8 Å². The Balaban J connectivity index is 1.99. The van der Waals surface area contributed by atoms with Crippen LogP contribution in [0.4, 0.5) is 10.5 Å². The summed E-state index contributed by atoms with van der Waals surface area (Å²) in [7, 11) is 1.90. The second kappa shape index (κ2) is 6.42. The van der Waals surface area contributed by atoms with Crippen molar-refractivity contribution in [2.45, 2.75) is 45.1 Å². The summed E-state index contributed by atoms with van der Waals surface area (Å²) >= 11 is 3.49. The number of anilines is 1. The smallest absolute Gasteiger partial charge is 0.321 e. The van der Waals surface area contributed by atoms with Gasteiger partial charge in [0.1, 0.15) is 0 Å². The fourth-order valence-electron chi connectivity index (χ4n) is 2.56. The lowest BCUT2D eigenvalue weighted by Gasteiger charge is -2.31. The molecule has 1 fully saturated rings. The molecule has 1 aromatic carbocycles. The second-order valence-corrected chi connectivity index (χ2v) is 6.17. The minimum Gasteiger partial charge on any atom is -0.325 e. The van der Waals surface area contributed by atoms with Gasteiger partial charge in [-0.15, -0.1) is 0 Å². The predicted octanol–water partition coefficient (Wildman–Crippen LogP) is 4.55. The number of hydrogen-bond donors (Lipinski definition) is 1. The Kier molecular flexibility index (Phi) is 4.86. The molecule has 0 atom stereocenters. The molecule has 0 aromatic heterocycles. The highest BCUT2D eigenvalue weighted by Crippen LogP contribution is 2.25. The van der Waals surface area contributed by atoms with Crippen LogP contribution in [0.25, 0.3) is 0 Å². The molecule has 3 nitrogen and oxygen atoms in total. The fraction of sp³-hybridized carbons (Fsp3) is 0.533. The minimum absolute atomic E-state index is 0.0172. The standard InChI is InChI=1S/C15H21BrN2O/c1-11-8-9-14(13(16)10-11)17-15(19)18(2)12-6-4-3-5-7-12/h8-10,12H,3-7H2,1-2H3,(H,17,19). The van der Waals surface area contributed by atoms with E-state index in [9.17, 15) is 4.79 Å². The van der Waals surface area contributed by atoms with E-state index in [1.807, 2.05) is 37.1 Å². The van der Waals surface area contributed by atoms with Crippen molar-refractivity contribution in [2.75, 3.05) is 12.4 Å². The van der Waals surface area contributed by atoms with Crippen LogP contribution in [0, 0.1) is 6.92 Å². The van der Waals surface area contributed by atoms with Gasteiger partial charge in [0.15, 0.2) is 0 Å². The first kappa shape index (κ1) is 14.4. The Morgan fingerprint density at radius 1 is 1.32 bits per heavy atom. The molecule has 0 aliphatic heterocycles. The van der Waals surface area contributed by atoms with E-state index in [2.05, 4.69) is 21.2 Å². The van der Waals surface area contributed by atoms with Crippen molar-refractivity contribution in [1.82, 2.24) is 4.90 Å². The Labute approximate surface area is 123 Å². The molecule has 1 aromatic rings. The van der Waals surface area contributed by atoms with Crippen LogP contribution in [-0.4, -0.2) is 24.0 Å². The Morgan fingerprint density at radius 2 is 2.00 bits per heavy atom. The third-order valence-electron chi connectivity index (χ3n) is 3.81. The lowest BCUT2D eigenvalue weighted by Crippen LogP contribution is -2.40. The van der Waals surface area contributed by atoms with Crippen molar-refractivity contribution in [3.63, 3.8) is 0 Å². The van der Waals surface area contributed by atoms with Crippen molar-refractivity contribution in [1.29, 1.82) is 0 Å². The van der Waals surface area contributed by atoms with Gasteiger partial charge < -0.3 is 10.2 Å². The molecule has 0 saturated heterocycles. The van der Waals surface area contributed by atoms with Gasteiger partial charge in [-0.05, 0) is 53.4 Å². The average molecular weight is 325 g/mol. The van der Waals surface area contributed by atoms with E-state index in [-0.39, 0.29) is 6.03 Å². The quantitative estimate of drug-likeness (QED) is 0.850. The average Bonchev–Trinajstić information content (AvgIpc) is 2.42. The number of benzene rings is 1. The lowest BCUT2D eigenvalue weighted by molar-refractivity contribution is 0.186. The highest BCUT2D eigenvalue weighted by molar-refractivity contribution is 9.10. The number of aryl methyl sites for hydroxylation is 1. The zero-order chi connectivity index (χ0) is 13.8. The first-order valence-corrected chi connectivity index (χ1v) is 7.67. The maximum atomic E-state index is 12.2. The molecule has 4 heteroatoms. The second-order valence-electron chi connectivity index (χ2n) is 5.32. The van der Waals surface area contributed by atoms with E-state index in [0.717, 1.165) is 23.0 Å².